The molecule has 6 nitrogen and oxygen atoms in total. The van der Waals surface area contributed by atoms with Gasteiger partial charge >= 0.3 is 6.03 Å². The summed E-state index contributed by atoms with van der Waals surface area (Å²) in [5.74, 6) is -0.128. The summed E-state index contributed by atoms with van der Waals surface area (Å²) in [4.78, 5) is 30.9. The van der Waals surface area contributed by atoms with Crippen LogP contribution in [0.4, 0.5) is 10.5 Å². The average molecular weight is 407 g/mol. The van der Waals surface area contributed by atoms with Crippen LogP contribution in [0.2, 0.25) is 0 Å². The first-order chi connectivity index (χ1) is 14.2. The first kappa shape index (κ1) is 19.1. The SMILES string of the molecule is O=C(/C=C/c1nc2ccccc2s1)NC1CCN(C(=O)Nc2ccccc2)CC1. The lowest BCUT2D eigenvalue weighted by atomic mass is 10.1. The molecule has 3 aromatic rings. The minimum atomic E-state index is -0.128. The summed E-state index contributed by atoms with van der Waals surface area (Å²) in [5, 5.41) is 6.74. The van der Waals surface area contributed by atoms with Crippen LogP contribution in [0, 0.1) is 0 Å². The van der Waals surface area contributed by atoms with Gasteiger partial charge < -0.3 is 15.5 Å². The minimum Gasteiger partial charge on any atom is -0.350 e. The Bertz CT molecular complexity index is 990. The number of nitrogens with zero attached hydrogens (tertiary/aromatic N) is 2. The maximum Gasteiger partial charge on any atom is 0.321 e. The molecule has 1 aromatic heterocycles. The van der Waals surface area contributed by atoms with Gasteiger partial charge in [0, 0.05) is 30.9 Å². The Morgan fingerprint density at radius 1 is 1.03 bits per heavy atom. The number of benzene rings is 2. The average Bonchev–Trinajstić information content (AvgIpc) is 3.17. The molecule has 0 aliphatic carbocycles. The van der Waals surface area contributed by atoms with Crippen molar-refractivity contribution in [3.63, 3.8) is 0 Å². The second kappa shape index (κ2) is 8.87. The molecular formula is C22H22N4O2S. The number of anilines is 1. The molecule has 0 saturated carbocycles. The number of fused-ring (bicyclic) bond motifs is 1. The van der Waals surface area contributed by atoms with Crippen molar-refractivity contribution in [1.29, 1.82) is 0 Å². The van der Waals surface area contributed by atoms with E-state index in [1.807, 2.05) is 54.6 Å². The molecule has 1 aliphatic heterocycles. The molecule has 148 valence electrons. The fraction of sp³-hybridized carbons (Fsp3) is 0.227. The highest BCUT2D eigenvalue weighted by molar-refractivity contribution is 7.19. The largest absolute Gasteiger partial charge is 0.350 e. The molecule has 4 rings (SSSR count). The van der Waals surface area contributed by atoms with Gasteiger partial charge in [0.15, 0.2) is 0 Å². The predicted molar refractivity (Wildman–Crippen MR) is 117 cm³/mol. The normalized spacial score (nSPS) is 15.0. The lowest BCUT2D eigenvalue weighted by molar-refractivity contribution is -0.117. The molecule has 1 fully saturated rings. The first-order valence-corrected chi connectivity index (χ1v) is 10.4. The van der Waals surface area contributed by atoms with Crippen molar-refractivity contribution in [2.45, 2.75) is 18.9 Å². The Morgan fingerprint density at radius 3 is 2.52 bits per heavy atom. The molecule has 0 bridgehead atoms. The van der Waals surface area contributed by atoms with Gasteiger partial charge in [-0.3, -0.25) is 4.79 Å². The maximum atomic E-state index is 12.3. The monoisotopic (exact) mass is 406 g/mol. The third kappa shape index (κ3) is 5.00. The Morgan fingerprint density at radius 2 is 1.76 bits per heavy atom. The van der Waals surface area contributed by atoms with E-state index in [1.54, 1.807) is 22.3 Å². The van der Waals surface area contributed by atoms with E-state index < -0.39 is 0 Å². The lowest BCUT2D eigenvalue weighted by Gasteiger charge is -2.32. The molecule has 29 heavy (non-hydrogen) atoms. The number of nitrogens with one attached hydrogen (secondary N) is 2. The van der Waals surface area contributed by atoms with Crippen LogP contribution in [0.3, 0.4) is 0 Å². The molecular weight excluding hydrogens is 384 g/mol. The number of carbonyl (C=O) groups is 2. The second-order valence-electron chi connectivity index (χ2n) is 6.92. The molecule has 1 aliphatic rings. The lowest BCUT2D eigenvalue weighted by Crippen LogP contribution is -2.47. The zero-order chi connectivity index (χ0) is 20.1. The highest BCUT2D eigenvalue weighted by atomic mass is 32.1. The summed E-state index contributed by atoms with van der Waals surface area (Å²) in [5.41, 5.74) is 1.73. The molecule has 0 atom stereocenters. The van der Waals surface area contributed by atoms with Gasteiger partial charge in [-0.05, 0) is 43.2 Å². The van der Waals surface area contributed by atoms with E-state index in [9.17, 15) is 9.59 Å². The zero-order valence-corrected chi connectivity index (χ0v) is 16.7. The number of aromatic nitrogens is 1. The van der Waals surface area contributed by atoms with Crippen LogP contribution in [0.1, 0.15) is 17.8 Å². The molecule has 2 N–H and O–H groups in total. The van der Waals surface area contributed by atoms with Gasteiger partial charge in [0.1, 0.15) is 5.01 Å². The zero-order valence-electron chi connectivity index (χ0n) is 15.9. The highest BCUT2D eigenvalue weighted by Gasteiger charge is 2.23. The number of urea groups is 1. The fourth-order valence-electron chi connectivity index (χ4n) is 3.31. The number of likely N-dealkylation sites (tertiary alicyclic amines) is 1. The van der Waals surface area contributed by atoms with Crippen molar-refractivity contribution in [2.75, 3.05) is 18.4 Å². The van der Waals surface area contributed by atoms with Crippen LogP contribution in [0.15, 0.2) is 60.7 Å². The smallest absolute Gasteiger partial charge is 0.321 e. The van der Waals surface area contributed by atoms with Crippen molar-refractivity contribution in [3.8, 4) is 0 Å². The third-order valence-electron chi connectivity index (χ3n) is 4.84. The van der Waals surface area contributed by atoms with E-state index in [-0.39, 0.29) is 18.0 Å². The summed E-state index contributed by atoms with van der Waals surface area (Å²) in [6.07, 6.45) is 4.76. The van der Waals surface area contributed by atoms with Gasteiger partial charge in [-0.15, -0.1) is 11.3 Å². The summed E-state index contributed by atoms with van der Waals surface area (Å²) in [6.45, 7) is 1.23. The molecule has 3 amide bonds. The van der Waals surface area contributed by atoms with E-state index in [2.05, 4.69) is 15.6 Å². The van der Waals surface area contributed by atoms with Gasteiger partial charge in [-0.1, -0.05) is 30.3 Å². The molecule has 0 spiro atoms. The summed E-state index contributed by atoms with van der Waals surface area (Å²) >= 11 is 1.56. The molecule has 1 saturated heterocycles. The Balaban J connectivity index is 1.24. The van der Waals surface area contributed by atoms with E-state index in [0.29, 0.717) is 13.1 Å². The third-order valence-corrected chi connectivity index (χ3v) is 5.84. The number of thiazole rings is 1. The van der Waals surface area contributed by atoms with Crippen LogP contribution < -0.4 is 10.6 Å². The number of amides is 3. The molecule has 0 unspecified atom stereocenters. The summed E-state index contributed by atoms with van der Waals surface area (Å²) in [6, 6.07) is 17.3. The van der Waals surface area contributed by atoms with E-state index >= 15 is 0 Å². The van der Waals surface area contributed by atoms with Gasteiger partial charge in [0.05, 0.1) is 10.2 Å². The maximum absolute atomic E-state index is 12.3. The van der Waals surface area contributed by atoms with E-state index in [0.717, 1.165) is 33.8 Å². The number of hydrogen-bond donors (Lipinski definition) is 2. The van der Waals surface area contributed by atoms with Crippen LogP contribution in [0.25, 0.3) is 16.3 Å². The number of piperidine rings is 1. The Labute approximate surface area is 173 Å². The fourth-order valence-corrected chi connectivity index (χ4v) is 4.18. The van der Waals surface area contributed by atoms with Crippen LogP contribution >= 0.6 is 11.3 Å². The van der Waals surface area contributed by atoms with Gasteiger partial charge in [-0.25, -0.2) is 9.78 Å². The second-order valence-corrected chi connectivity index (χ2v) is 7.98. The summed E-state index contributed by atoms with van der Waals surface area (Å²) < 4.78 is 1.11. The van der Waals surface area contributed by atoms with Gasteiger partial charge in [0.25, 0.3) is 0 Å². The molecule has 2 aromatic carbocycles. The highest BCUT2D eigenvalue weighted by Crippen LogP contribution is 2.22. The number of rotatable bonds is 4. The number of para-hydroxylation sites is 2. The van der Waals surface area contributed by atoms with Gasteiger partial charge in [-0.2, -0.15) is 0 Å². The quantitative estimate of drug-likeness (QED) is 0.640. The summed E-state index contributed by atoms with van der Waals surface area (Å²) in [7, 11) is 0. The molecule has 2 heterocycles. The molecule has 0 radical (unpaired) electrons. The predicted octanol–water partition coefficient (Wildman–Crippen LogP) is 4.12. The number of carbonyl (C=O) groups excluding carboxylic acids is 2. The first-order valence-electron chi connectivity index (χ1n) is 9.62. The van der Waals surface area contributed by atoms with Crippen LogP contribution in [0.5, 0.6) is 0 Å². The van der Waals surface area contributed by atoms with Crippen molar-refractivity contribution in [2.24, 2.45) is 0 Å². The van der Waals surface area contributed by atoms with Crippen molar-refractivity contribution < 1.29 is 9.59 Å². The van der Waals surface area contributed by atoms with Crippen molar-refractivity contribution in [3.05, 3.63) is 65.7 Å². The van der Waals surface area contributed by atoms with Gasteiger partial charge in [0.2, 0.25) is 5.91 Å². The standard InChI is InChI=1S/C22H22N4O2S/c27-20(10-11-21-25-18-8-4-5-9-19(18)29-21)23-17-12-14-26(15-13-17)22(28)24-16-6-2-1-3-7-16/h1-11,17H,12-15H2,(H,23,27)(H,24,28)/b11-10+. The minimum absolute atomic E-state index is 0.0725. The van der Waals surface area contributed by atoms with E-state index in [1.165, 1.54) is 6.08 Å². The topological polar surface area (TPSA) is 74.3 Å². The van der Waals surface area contributed by atoms with Crippen molar-refractivity contribution in [1.82, 2.24) is 15.2 Å². The van der Waals surface area contributed by atoms with Crippen LogP contribution in [-0.4, -0.2) is 41.0 Å². The van der Waals surface area contributed by atoms with Crippen molar-refractivity contribution >= 4 is 45.3 Å². The Kier molecular flexibility index (Phi) is 5.86. The number of hydrogen-bond acceptors (Lipinski definition) is 4. The molecule has 7 heteroatoms. The van der Waals surface area contributed by atoms with E-state index in [4.69, 9.17) is 0 Å². The Hall–Kier alpha value is -3.19. The van der Waals surface area contributed by atoms with Crippen LogP contribution in [-0.2, 0) is 4.79 Å².